The van der Waals surface area contributed by atoms with E-state index in [1.54, 1.807) is 0 Å². The molecule has 1 fully saturated rings. The van der Waals surface area contributed by atoms with Crippen LogP contribution < -0.4 is 10.6 Å². The van der Waals surface area contributed by atoms with Gasteiger partial charge in [-0.2, -0.15) is 0 Å². The molecular formula is C17H27N3. The Labute approximate surface area is 122 Å². The number of nitrogens with zero attached hydrogens (tertiary/aromatic N) is 2. The van der Waals surface area contributed by atoms with Crippen molar-refractivity contribution in [2.45, 2.75) is 38.3 Å². The number of nitrogens with two attached hydrogens (primary N) is 1. The van der Waals surface area contributed by atoms with Crippen molar-refractivity contribution in [1.29, 1.82) is 0 Å². The lowest BCUT2D eigenvalue weighted by molar-refractivity contribution is 0.193. The van der Waals surface area contributed by atoms with Gasteiger partial charge >= 0.3 is 0 Å². The first-order valence-electron chi connectivity index (χ1n) is 7.92. The number of hydrogen-bond donors (Lipinski definition) is 1. The monoisotopic (exact) mass is 273 g/mol. The van der Waals surface area contributed by atoms with Crippen molar-refractivity contribution >= 4 is 5.69 Å². The van der Waals surface area contributed by atoms with Gasteiger partial charge in [0, 0.05) is 31.9 Å². The van der Waals surface area contributed by atoms with Crippen LogP contribution in [0.4, 0.5) is 5.69 Å². The van der Waals surface area contributed by atoms with Gasteiger partial charge in [0.05, 0.1) is 0 Å². The van der Waals surface area contributed by atoms with Crippen molar-refractivity contribution < 1.29 is 0 Å². The van der Waals surface area contributed by atoms with E-state index in [1.165, 1.54) is 42.5 Å². The number of likely N-dealkylation sites (N-methyl/N-ethyl adjacent to an activating group) is 1. The average molecular weight is 273 g/mol. The molecule has 2 N–H and O–H groups in total. The summed E-state index contributed by atoms with van der Waals surface area (Å²) in [5.74, 6) is 0.695. The highest BCUT2D eigenvalue weighted by Gasteiger charge is 2.29. The normalized spacial score (nSPS) is 25.5. The van der Waals surface area contributed by atoms with Crippen LogP contribution in [0, 0.1) is 5.92 Å². The predicted molar refractivity (Wildman–Crippen MR) is 85.1 cm³/mol. The molecule has 3 nitrogen and oxygen atoms in total. The molecule has 0 saturated heterocycles. The third-order valence-corrected chi connectivity index (χ3v) is 5.19. The molecule has 2 atom stereocenters. The van der Waals surface area contributed by atoms with E-state index >= 15 is 0 Å². The molecule has 0 bridgehead atoms. The minimum atomic E-state index is 0.677. The third kappa shape index (κ3) is 2.57. The summed E-state index contributed by atoms with van der Waals surface area (Å²) in [6.45, 7) is 3.05. The zero-order valence-electron chi connectivity index (χ0n) is 12.8. The van der Waals surface area contributed by atoms with Gasteiger partial charge in [-0.25, -0.2) is 0 Å². The highest BCUT2D eigenvalue weighted by Crippen LogP contribution is 2.31. The van der Waals surface area contributed by atoms with Crippen molar-refractivity contribution in [2.75, 3.05) is 32.1 Å². The van der Waals surface area contributed by atoms with E-state index in [0.29, 0.717) is 12.0 Å². The first-order chi connectivity index (χ1) is 9.69. The molecule has 1 aromatic rings. The van der Waals surface area contributed by atoms with Crippen LogP contribution in [0.25, 0.3) is 0 Å². The molecule has 1 aromatic carbocycles. The summed E-state index contributed by atoms with van der Waals surface area (Å²) in [7, 11) is 4.44. The molecule has 1 aliphatic carbocycles. The largest absolute Gasteiger partial charge is 0.374 e. The van der Waals surface area contributed by atoms with E-state index < -0.39 is 0 Å². The Kier molecular flexibility index (Phi) is 3.99. The molecule has 1 aliphatic heterocycles. The molecule has 3 heteroatoms. The zero-order valence-corrected chi connectivity index (χ0v) is 12.8. The molecule has 2 aliphatic rings. The SMILES string of the molecule is CN1CCc2cc(CN(C)C3CCCC3CN)ccc21. The van der Waals surface area contributed by atoms with Crippen LogP contribution in [0.1, 0.15) is 30.4 Å². The molecule has 110 valence electrons. The second-order valence-electron chi connectivity index (χ2n) is 6.54. The van der Waals surface area contributed by atoms with Crippen LogP contribution in [0.5, 0.6) is 0 Å². The fourth-order valence-electron chi connectivity index (χ4n) is 4.00. The summed E-state index contributed by atoms with van der Waals surface area (Å²) in [6.07, 6.45) is 5.15. The van der Waals surface area contributed by atoms with E-state index in [9.17, 15) is 0 Å². The lowest BCUT2D eigenvalue weighted by atomic mass is 10.0. The highest BCUT2D eigenvalue weighted by atomic mass is 15.1. The smallest absolute Gasteiger partial charge is 0.0397 e. The van der Waals surface area contributed by atoms with Gasteiger partial charge in [0.15, 0.2) is 0 Å². The highest BCUT2D eigenvalue weighted by molar-refractivity contribution is 5.58. The van der Waals surface area contributed by atoms with E-state index in [-0.39, 0.29) is 0 Å². The van der Waals surface area contributed by atoms with Gasteiger partial charge < -0.3 is 10.6 Å². The summed E-state index contributed by atoms with van der Waals surface area (Å²) in [6, 6.07) is 7.67. The minimum absolute atomic E-state index is 0.677. The Bertz CT molecular complexity index is 471. The van der Waals surface area contributed by atoms with Gasteiger partial charge in [-0.1, -0.05) is 18.6 Å². The van der Waals surface area contributed by atoms with Crippen molar-refractivity contribution in [3.8, 4) is 0 Å². The minimum Gasteiger partial charge on any atom is -0.374 e. The summed E-state index contributed by atoms with van der Waals surface area (Å²) >= 11 is 0. The molecule has 3 rings (SSSR count). The van der Waals surface area contributed by atoms with Gasteiger partial charge in [-0.3, -0.25) is 4.90 Å². The van der Waals surface area contributed by atoms with Crippen molar-refractivity contribution in [3.63, 3.8) is 0 Å². The van der Waals surface area contributed by atoms with E-state index in [2.05, 4.69) is 42.1 Å². The van der Waals surface area contributed by atoms with Crippen LogP contribution in [-0.4, -0.2) is 38.1 Å². The summed E-state index contributed by atoms with van der Waals surface area (Å²) in [4.78, 5) is 4.87. The number of rotatable bonds is 4. The Balaban J connectivity index is 1.69. The molecule has 2 unspecified atom stereocenters. The maximum atomic E-state index is 5.91. The first-order valence-corrected chi connectivity index (χ1v) is 7.92. The molecular weight excluding hydrogens is 246 g/mol. The standard InChI is InChI=1S/C17H27N3/c1-19-9-8-14-10-13(6-7-17(14)19)12-20(2)16-5-3-4-15(16)11-18/h6-7,10,15-16H,3-5,8-9,11-12,18H2,1-2H3. The Morgan fingerprint density at radius 3 is 3.00 bits per heavy atom. The Morgan fingerprint density at radius 2 is 2.20 bits per heavy atom. The maximum absolute atomic E-state index is 5.91. The molecule has 0 aromatic heterocycles. The van der Waals surface area contributed by atoms with Gasteiger partial charge in [-0.15, -0.1) is 0 Å². The lowest BCUT2D eigenvalue weighted by Crippen LogP contribution is -2.37. The molecule has 1 heterocycles. The molecule has 0 spiro atoms. The van der Waals surface area contributed by atoms with Gasteiger partial charge in [0.25, 0.3) is 0 Å². The molecule has 0 radical (unpaired) electrons. The molecule has 0 amide bonds. The first kappa shape index (κ1) is 13.9. The summed E-state index contributed by atoms with van der Waals surface area (Å²) in [5.41, 5.74) is 10.3. The van der Waals surface area contributed by atoms with Crippen molar-refractivity contribution in [2.24, 2.45) is 11.7 Å². The van der Waals surface area contributed by atoms with E-state index in [0.717, 1.165) is 19.6 Å². The molecule has 1 saturated carbocycles. The van der Waals surface area contributed by atoms with Crippen molar-refractivity contribution in [1.82, 2.24) is 4.90 Å². The number of fused-ring (bicyclic) bond motifs is 1. The predicted octanol–water partition coefficient (Wildman–Crippen LogP) is 2.24. The second kappa shape index (κ2) is 5.74. The van der Waals surface area contributed by atoms with Crippen LogP contribution in [-0.2, 0) is 13.0 Å². The number of anilines is 1. The second-order valence-corrected chi connectivity index (χ2v) is 6.54. The maximum Gasteiger partial charge on any atom is 0.0397 e. The Morgan fingerprint density at radius 1 is 1.35 bits per heavy atom. The van der Waals surface area contributed by atoms with Gasteiger partial charge in [0.2, 0.25) is 0 Å². The summed E-state index contributed by atoms with van der Waals surface area (Å²) in [5, 5.41) is 0. The van der Waals surface area contributed by atoms with Crippen LogP contribution in [0.3, 0.4) is 0 Å². The summed E-state index contributed by atoms with van der Waals surface area (Å²) < 4.78 is 0. The van der Waals surface area contributed by atoms with Crippen molar-refractivity contribution in [3.05, 3.63) is 29.3 Å². The van der Waals surface area contributed by atoms with Crippen LogP contribution in [0.15, 0.2) is 18.2 Å². The zero-order chi connectivity index (χ0) is 14.1. The lowest BCUT2D eigenvalue weighted by Gasteiger charge is -2.29. The quantitative estimate of drug-likeness (QED) is 0.913. The topological polar surface area (TPSA) is 32.5 Å². The van der Waals surface area contributed by atoms with E-state index in [1.807, 2.05) is 0 Å². The fraction of sp³-hybridized carbons (Fsp3) is 0.647. The third-order valence-electron chi connectivity index (χ3n) is 5.19. The van der Waals surface area contributed by atoms with Crippen LogP contribution >= 0.6 is 0 Å². The molecule has 20 heavy (non-hydrogen) atoms. The van der Waals surface area contributed by atoms with Crippen LogP contribution in [0.2, 0.25) is 0 Å². The number of benzene rings is 1. The average Bonchev–Trinajstić information content (AvgIpc) is 3.05. The van der Waals surface area contributed by atoms with Gasteiger partial charge in [-0.05, 0) is 56.0 Å². The van der Waals surface area contributed by atoms with Gasteiger partial charge in [0.1, 0.15) is 0 Å². The Hall–Kier alpha value is -1.06. The number of hydrogen-bond acceptors (Lipinski definition) is 3. The fourth-order valence-corrected chi connectivity index (χ4v) is 4.00. The van der Waals surface area contributed by atoms with E-state index in [4.69, 9.17) is 5.73 Å².